The minimum Gasteiger partial charge on any atom is -0.385 e. The van der Waals surface area contributed by atoms with E-state index >= 15 is 0 Å². The van der Waals surface area contributed by atoms with Gasteiger partial charge in [-0.15, -0.1) is 0 Å². The first-order valence-electron chi connectivity index (χ1n) is 5.49. The molecule has 0 bridgehead atoms. The van der Waals surface area contributed by atoms with E-state index < -0.39 is 5.60 Å². The van der Waals surface area contributed by atoms with Crippen LogP contribution in [0.2, 0.25) is 0 Å². The van der Waals surface area contributed by atoms with Crippen LogP contribution >= 0.6 is 11.3 Å². The molecular formula is C12H18OS. The van der Waals surface area contributed by atoms with Gasteiger partial charge < -0.3 is 5.11 Å². The van der Waals surface area contributed by atoms with Crippen molar-refractivity contribution in [1.82, 2.24) is 0 Å². The molecule has 2 atom stereocenters. The monoisotopic (exact) mass is 210 g/mol. The van der Waals surface area contributed by atoms with Crippen LogP contribution in [0.1, 0.15) is 44.6 Å². The maximum atomic E-state index is 10.5. The van der Waals surface area contributed by atoms with Crippen molar-refractivity contribution in [2.45, 2.75) is 44.6 Å². The molecule has 2 rings (SSSR count). The summed E-state index contributed by atoms with van der Waals surface area (Å²) in [4.78, 5) is 0. The summed E-state index contributed by atoms with van der Waals surface area (Å²) < 4.78 is 0. The summed E-state index contributed by atoms with van der Waals surface area (Å²) in [6.45, 7) is 2.23. The van der Waals surface area contributed by atoms with E-state index in [2.05, 4.69) is 23.8 Å². The first-order chi connectivity index (χ1) is 6.74. The van der Waals surface area contributed by atoms with Crippen LogP contribution in [0.3, 0.4) is 0 Å². The van der Waals surface area contributed by atoms with Gasteiger partial charge in [0.1, 0.15) is 0 Å². The molecule has 1 aromatic rings. The summed E-state index contributed by atoms with van der Waals surface area (Å²) in [7, 11) is 0. The highest BCUT2D eigenvalue weighted by Crippen LogP contribution is 2.41. The van der Waals surface area contributed by atoms with Crippen molar-refractivity contribution in [2.24, 2.45) is 5.92 Å². The molecule has 0 radical (unpaired) electrons. The molecule has 0 saturated heterocycles. The third-order valence-corrected chi connectivity index (χ3v) is 4.15. The molecule has 78 valence electrons. The van der Waals surface area contributed by atoms with Gasteiger partial charge in [-0.05, 0) is 47.6 Å². The Kier molecular flexibility index (Phi) is 2.93. The molecule has 1 aliphatic carbocycles. The van der Waals surface area contributed by atoms with Crippen LogP contribution in [-0.2, 0) is 5.60 Å². The van der Waals surface area contributed by atoms with Gasteiger partial charge in [-0.3, -0.25) is 0 Å². The molecule has 0 spiro atoms. The smallest absolute Gasteiger partial charge is 0.0907 e. The maximum Gasteiger partial charge on any atom is 0.0907 e. The van der Waals surface area contributed by atoms with Gasteiger partial charge in [0.05, 0.1) is 5.60 Å². The molecule has 1 fully saturated rings. The van der Waals surface area contributed by atoms with E-state index in [0.717, 1.165) is 18.4 Å². The number of hydrogen-bond donors (Lipinski definition) is 1. The Labute approximate surface area is 89.8 Å². The second-order valence-electron chi connectivity index (χ2n) is 4.41. The lowest BCUT2D eigenvalue weighted by Gasteiger charge is -2.36. The highest BCUT2D eigenvalue weighted by molar-refractivity contribution is 7.08. The molecule has 1 saturated carbocycles. The molecule has 0 aliphatic heterocycles. The average Bonchev–Trinajstić information content (AvgIpc) is 2.71. The Morgan fingerprint density at radius 1 is 1.64 bits per heavy atom. The SMILES string of the molecule is CCC1CCCC(O)(c2ccsc2)C1. The van der Waals surface area contributed by atoms with E-state index in [9.17, 15) is 5.11 Å². The summed E-state index contributed by atoms with van der Waals surface area (Å²) in [5.41, 5.74) is 0.625. The summed E-state index contributed by atoms with van der Waals surface area (Å²) in [6, 6.07) is 2.07. The molecule has 1 N–H and O–H groups in total. The van der Waals surface area contributed by atoms with E-state index in [4.69, 9.17) is 0 Å². The fourth-order valence-corrected chi connectivity index (χ4v) is 3.25. The van der Waals surface area contributed by atoms with Crippen LogP contribution in [0, 0.1) is 5.92 Å². The highest BCUT2D eigenvalue weighted by Gasteiger charge is 2.35. The zero-order valence-electron chi connectivity index (χ0n) is 8.70. The fourth-order valence-electron chi connectivity index (χ4n) is 2.50. The Morgan fingerprint density at radius 3 is 3.14 bits per heavy atom. The topological polar surface area (TPSA) is 20.2 Å². The zero-order chi connectivity index (χ0) is 10.0. The quantitative estimate of drug-likeness (QED) is 0.791. The minimum absolute atomic E-state index is 0.515. The number of hydrogen-bond acceptors (Lipinski definition) is 2. The van der Waals surface area contributed by atoms with Crippen molar-refractivity contribution >= 4 is 11.3 Å². The van der Waals surface area contributed by atoms with Crippen LogP contribution in [0.4, 0.5) is 0 Å². The predicted molar refractivity (Wildman–Crippen MR) is 60.5 cm³/mol. The molecule has 1 heterocycles. The predicted octanol–water partition coefficient (Wildman–Crippen LogP) is 3.54. The normalized spacial score (nSPS) is 33.1. The van der Waals surface area contributed by atoms with E-state index in [1.165, 1.54) is 19.3 Å². The van der Waals surface area contributed by atoms with E-state index in [-0.39, 0.29) is 0 Å². The second kappa shape index (κ2) is 4.03. The van der Waals surface area contributed by atoms with Crippen LogP contribution in [0.15, 0.2) is 16.8 Å². The summed E-state index contributed by atoms with van der Waals surface area (Å²) >= 11 is 1.68. The Morgan fingerprint density at radius 2 is 2.50 bits per heavy atom. The molecule has 0 aromatic carbocycles. The third-order valence-electron chi connectivity index (χ3n) is 3.46. The number of thiophene rings is 1. The van der Waals surface area contributed by atoms with E-state index in [0.29, 0.717) is 5.92 Å². The first-order valence-corrected chi connectivity index (χ1v) is 6.44. The van der Waals surface area contributed by atoms with Gasteiger partial charge in [0, 0.05) is 0 Å². The molecular weight excluding hydrogens is 192 g/mol. The number of rotatable bonds is 2. The third kappa shape index (κ3) is 1.86. The molecule has 14 heavy (non-hydrogen) atoms. The maximum absolute atomic E-state index is 10.5. The lowest BCUT2D eigenvalue weighted by atomic mass is 9.74. The van der Waals surface area contributed by atoms with Gasteiger partial charge in [0.25, 0.3) is 0 Å². The van der Waals surface area contributed by atoms with Gasteiger partial charge in [0.2, 0.25) is 0 Å². The molecule has 2 heteroatoms. The van der Waals surface area contributed by atoms with Gasteiger partial charge >= 0.3 is 0 Å². The molecule has 1 aliphatic rings. The van der Waals surface area contributed by atoms with Crippen molar-refractivity contribution in [2.75, 3.05) is 0 Å². The van der Waals surface area contributed by atoms with Crippen LogP contribution in [-0.4, -0.2) is 5.11 Å². The van der Waals surface area contributed by atoms with Crippen molar-refractivity contribution < 1.29 is 5.11 Å². The molecule has 2 unspecified atom stereocenters. The Balaban J connectivity index is 2.15. The van der Waals surface area contributed by atoms with Gasteiger partial charge in [-0.2, -0.15) is 11.3 Å². The molecule has 0 amide bonds. The lowest BCUT2D eigenvalue weighted by molar-refractivity contribution is -0.0213. The van der Waals surface area contributed by atoms with Gasteiger partial charge in [-0.25, -0.2) is 0 Å². The van der Waals surface area contributed by atoms with E-state index in [1.54, 1.807) is 11.3 Å². The zero-order valence-corrected chi connectivity index (χ0v) is 9.52. The average molecular weight is 210 g/mol. The highest BCUT2D eigenvalue weighted by atomic mass is 32.1. The van der Waals surface area contributed by atoms with Crippen molar-refractivity contribution in [3.63, 3.8) is 0 Å². The summed E-state index contributed by atoms with van der Waals surface area (Å²) in [6.07, 6.45) is 5.57. The van der Waals surface area contributed by atoms with Crippen molar-refractivity contribution in [3.05, 3.63) is 22.4 Å². The van der Waals surface area contributed by atoms with Crippen LogP contribution in [0.5, 0.6) is 0 Å². The van der Waals surface area contributed by atoms with E-state index in [1.807, 2.05) is 0 Å². The largest absolute Gasteiger partial charge is 0.385 e. The van der Waals surface area contributed by atoms with Crippen molar-refractivity contribution in [3.8, 4) is 0 Å². The summed E-state index contributed by atoms with van der Waals surface area (Å²) in [5.74, 6) is 0.716. The summed E-state index contributed by atoms with van der Waals surface area (Å²) in [5, 5.41) is 14.7. The fraction of sp³-hybridized carbons (Fsp3) is 0.667. The Hall–Kier alpha value is -0.340. The standard InChI is InChI=1S/C12H18OS/c1-2-10-4-3-6-12(13,8-10)11-5-7-14-9-11/h5,7,9-10,13H,2-4,6,8H2,1H3. The second-order valence-corrected chi connectivity index (χ2v) is 5.19. The van der Waals surface area contributed by atoms with Crippen LogP contribution < -0.4 is 0 Å². The van der Waals surface area contributed by atoms with Crippen molar-refractivity contribution in [1.29, 1.82) is 0 Å². The number of aliphatic hydroxyl groups is 1. The van der Waals surface area contributed by atoms with Gasteiger partial charge in [-0.1, -0.05) is 19.8 Å². The molecule has 1 aromatic heterocycles. The van der Waals surface area contributed by atoms with Gasteiger partial charge in [0.15, 0.2) is 0 Å². The molecule has 1 nitrogen and oxygen atoms in total. The lowest BCUT2D eigenvalue weighted by Crippen LogP contribution is -2.32. The first kappa shape index (κ1) is 10.2. The van der Waals surface area contributed by atoms with Crippen LogP contribution in [0.25, 0.3) is 0 Å². The Bertz CT molecular complexity index is 281. The minimum atomic E-state index is -0.515.